The number of rotatable bonds is 5. The lowest BCUT2D eigenvalue weighted by molar-refractivity contribution is 0.618. The third-order valence-corrected chi connectivity index (χ3v) is 13.3. The molecule has 1 atom stereocenters. The van der Waals surface area contributed by atoms with Gasteiger partial charge in [-0.25, -0.2) is 4.98 Å². The summed E-state index contributed by atoms with van der Waals surface area (Å²) in [7, 11) is 0. The number of nitrogens with zero attached hydrogens (tertiary/aromatic N) is 4. The van der Waals surface area contributed by atoms with E-state index in [9.17, 15) is 0 Å². The molecular formula is C58H38N4O. The Morgan fingerprint density at radius 2 is 1.13 bits per heavy atom. The molecule has 8 aromatic carbocycles. The van der Waals surface area contributed by atoms with Crippen molar-refractivity contribution < 1.29 is 4.42 Å². The van der Waals surface area contributed by atoms with Gasteiger partial charge in [0.15, 0.2) is 11.6 Å². The first kappa shape index (κ1) is 35.6. The number of hydrogen-bond acceptors (Lipinski definition) is 4. The van der Waals surface area contributed by atoms with Crippen LogP contribution in [0.5, 0.6) is 0 Å². The summed E-state index contributed by atoms with van der Waals surface area (Å²) in [6, 6.07) is 64.4. The first-order chi connectivity index (χ1) is 31.1. The van der Waals surface area contributed by atoms with Crippen LogP contribution in [0.15, 0.2) is 205 Å². The Morgan fingerprint density at radius 3 is 1.92 bits per heavy atom. The van der Waals surface area contributed by atoms with Gasteiger partial charge in [-0.05, 0) is 75.2 Å². The minimum Gasteiger partial charge on any atom is -0.455 e. The molecule has 0 saturated carbocycles. The monoisotopic (exact) mass is 806 g/mol. The SMILES string of the molecule is C[C@@]12CC=CC=C1c1ccccc1-c1ccc(-c3cc4c5ccccc5oc4c4c5ccccc5n(-c5nc(-c6ccccc6)nc(-c6ccc(-c7ccccc7)cc6)n5)c34)cc12. The molecule has 0 fully saturated rings. The van der Waals surface area contributed by atoms with Gasteiger partial charge in [0.25, 0.3) is 0 Å². The summed E-state index contributed by atoms with van der Waals surface area (Å²) < 4.78 is 9.13. The van der Waals surface area contributed by atoms with E-state index in [1.54, 1.807) is 0 Å². The van der Waals surface area contributed by atoms with Crippen molar-refractivity contribution in [2.75, 3.05) is 0 Å². The number of fused-ring (bicyclic) bond motifs is 13. The summed E-state index contributed by atoms with van der Waals surface area (Å²) >= 11 is 0. The lowest BCUT2D eigenvalue weighted by atomic mass is 9.62. The average Bonchev–Trinajstić information content (AvgIpc) is 3.90. The van der Waals surface area contributed by atoms with Gasteiger partial charge >= 0.3 is 0 Å². The molecule has 0 unspecified atom stereocenters. The van der Waals surface area contributed by atoms with Crippen LogP contribution in [0.4, 0.5) is 0 Å². The highest BCUT2D eigenvalue weighted by atomic mass is 16.3. The summed E-state index contributed by atoms with van der Waals surface area (Å²) in [4.78, 5) is 15.9. The lowest BCUT2D eigenvalue weighted by Gasteiger charge is -2.41. The Kier molecular flexibility index (Phi) is 7.73. The first-order valence-corrected chi connectivity index (χ1v) is 21.6. The minimum atomic E-state index is -0.198. The van der Waals surface area contributed by atoms with Crippen molar-refractivity contribution in [3.05, 3.63) is 211 Å². The Bertz CT molecular complexity index is 3710. The van der Waals surface area contributed by atoms with Crippen LogP contribution in [0.2, 0.25) is 0 Å². The molecule has 0 radical (unpaired) electrons. The summed E-state index contributed by atoms with van der Waals surface area (Å²) in [5.74, 6) is 1.74. The highest BCUT2D eigenvalue weighted by Crippen LogP contribution is 2.54. The molecule has 5 nitrogen and oxygen atoms in total. The van der Waals surface area contributed by atoms with Crippen LogP contribution in [-0.2, 0) is 5.41 Å². The van der Waals surface area contributed by atoms with Crippen molar-refractivity contribution in [1.29, 1.82) is 0 Å². The summed E-state index contributed by atoms with van der Waals surface area (Å²) in [6.07, 6.45) is 7.76. The van der Waals surface area contributed by atoms with Crippen molar-refractivity contribution in [2.24, 2.45) is 0 Å². The molecule has 296 valence electrons. The van der Waals surface area contributed by atoms with Crippen LogP contribution in [0.3, 0.4) is 0 Å². The van der Waals surface area contributed by atoms with Crippen molar-refractivity contribution in [3.63, 3.8) is 0 Å². The maximum absolute atomic E-state index is 6.88. The predicted molar refractivity (Wildman–Crippen MR) is 258 cm³/mol. The highest BCUT2D eigenvalue weighted by Gasteiger charge is 2.39. The Labute approximate surface area is 364 Å². The van der Waals surface area contributed by atoms with Crippen LogP contribution >= 0.6 is 0 Å². The Morgan fingerprint density at radius 1 is 0.508 bits per heavy atom. The van der Waals surface area contributed by atoms with E-state index in [0.717, 1.165) is 83.5 Å². The van der Waals surface area contributed by atoms with Gasteiger partial charge in [0, 0.05) is 38.3 Å². The zero-order valence-corrected chi connectivity index (χ0v) is 34.5. The van der Waals surface area contributed by atoms with E-state index < -0.39 is 0 Å². The summed E-state index contributed by atoms with van der Waals surface area (Å²) in [5, 5.41) is 4.25. The molecule has 0 amide bonds. The Hall–Kier alpha value is -8.15. The van der Waals surface area contributed by atoms with Crippen LogP contribution in [0.25, 0.3) is 111 Å². The van der Waals surface area contributed by atoms with Crippen LogP contribution < -0.4 is 0 Å². The summed E-state index contributed by atoms with van der Waals surface area (Å²) in [5.41, 5.74) is 16.4. The van der Waals surface area contributed by atoms with Gasteiger partial charge in [-0.2, -0.15) is 9.97 Å². The zero-order valence-electron chi connectivity index (χ0n) is 34.5. The quantitative estimate of drug-likeness (QED) is 0.174. The number of furan rings is 1. The first-order valence-electron chi connectivity index (χ1n) is 21.6. The summed E-state index contributed by atoms with van der Waals surface area (Å²) in [6.45, 7) is 2.41. The fraction of sp³-hybridized carbons (Fsp3) is 0.0517. The molecule has 0 aliphatic heterocycles. The van der Waals surface area contributed by atoms with Crippen molar-refractivity contribution in [1.82, 2.24) is 19.5 Å². The molecular weight excluding hydrogens is 769 g/mol. The second-order valence-electron chi connectivity index (χ2n) is 16.9. The van der Waals surface area contributed by atoms with Gasteiger partial charge in [0.1, 0.15) is 11.2 Å². The minimum absolute atomic E-state index is 0.198. The molecule has 3 aromatic heterocycles. The molecule has 2 aliphatic carbocycles. The molecule has 0 bridgehead atoms. The fourth-order valence-electron chi connectivity index (χ4n) is 10.3. The maximum Gasteiger partial charge on any atom is 0.238 e. The largest absolute Gasteiger partial charge is 0.455 e. The molecule has 13 rings (SSSR count). The van der Waals surface area contributed by atoms with Gasteiger partial charge in [-0.3, -0.25) is 4.57 Å². The van der Waals surface area contributed by atoms with E-state index in [2.05, 4.69) is 181 Å². The van der Waals surface area contributed by atoms with Gasteiger partial charge in [-0.15, -0.1) is 0 Å². The van der Waals surface area contributed by atoms with Gasteiger partial charge in [-0.1, -0.05) is 183 Å². The molecule has 63 heavy (non-hydrogen) atoms. The standard InChI is InChI=1S/C58H38N4O/c1-58-33-15-14-24-48(58)42-21-9-8-20-41(42)43-32-31-40(34-49(43)58)46-35-47-44-22-11-13-26-51(44)63-54(47)52-45-23-10-12-25-50(45)62(53(46)52)57-60-55(38-18-6-3-7-19-38)59-56(61-57)39-29-27-37(28-30-39)36-16-4-2-5-17-36/h2-32,34-35H,33H2,1H3/t58-/m1/s1. The second kappa shape index (κ2) is 13.7. The van der Waals surface area contributed by atoms with Crippen molar-refractivity contribution in [3.8, 4) is 62.1 Å². The average molecular weight is 807 g/mol. The number of para-hydroxylation sites is 2. The predicted octanol–water partition coefficient (Wildman–Crippen LogP) is 14.8. The maximum atomic E-state index is 6.88. The van der Waals surface area contributed by atoms with Crippen LogP contribution in [0.1, 0.15) is 24.5 Å². The normalized spacial score (nSPS) is 15.4. The topological polar surface area (TPSA) is 56.7 Å². The number of benzene rings is 8. The van der Waals surface area contributed by atoms with E-state index in [0.29, 0.717) is 17.6 Å². The van der Waals surface area contributed by atoms with E-state index in [1.165, 1.54) is 27.8 Å². The van der Waals surface area contributed by atoms with E-state index in [-0.39, 0.29) is 5.41 Å². The molecule has 0 spiro atoms. The fourth-order valence-corrected chi connectivity index (χ4v) is 10.3. The van der Waals surface area contributed by atoms with Gasteiger partial charge in [0.05, 0.1) is 16.4 Å². The van der Waals surface area contributed by atoms with E-state index in [4.69, 9.17) is 19.4 Å². The molecule has 2 aliphatic rings. The third kappa shape index (κ3) is 5.39. The smallest absolute Gasteiger partial charge is 0.238 e. The van der Waals surface area contributed by atoms with Crippen LogP contribution in [0, 0.1) is 0 Å². The van der Waals surface area contributed by atoms with E-state index >= 15 is 0 Å². The molecule has 3 heterocycles. The number of allylic oxidation sites excluding steroid dienone is 4. The molecule has 0 saturated heterocycles. The second-order valence-corrected chi connectivity index (χ2v) is 16.9. The molecule has 0 N–H and O–H groups in total. The molecule has 11 aromatic rings. The lowest BCUT2D eigenvalue weighted by Crippen LogP contribution is -2.29. The van der Waals surface area contributed by atoms with E-state index in [1.807, 2.05) is 30.3 Å². The number of hydrogen-bond donors (Lipinski definition) is 0. The third-order valence-electron chi connectivity index (χ3n) is 13.3. The molecule has 5 heteroatoms. The highest BCUT2D eigenvalue weighted by molar-refractivity contribution is 6.27. The zero-order chi connectivity index (χ0) is 41.6. The van der Waals surface area contributed by atoms with Gasteiger partial charge < -0.3 is 4.42 Å². The van der Waals surface area contributed by atoms with Gasteiger partial charge in [0.2, 0.25) is 5.95 Å². The number of aromatic nitrogens is 4. The van der Waals surface area contributed by atoms with Crippen LogP contribution in [-0.4, -0.2) is 19.5 Å². The Balaban J connectivity index is 1.12. The van der Waals surface area contributed by atoms with Crippen molar-refractivity contribution in [2.45, 2.75) is 18.8 Å². The van der Waals surface area contributed by atoms with Crippen molar-refractivity contribution >= 4 is 49.3 Å².